The van der Waals surface area contributed by atoms with Crippen LogP contribution < -0.4 is 10.2 Å². The first kappa shape index (κ1) is 18.4. The fourth-order valence-corrected chi connectivity index (χ4v) is 4.01. The van der Waals surface area contributed by atoms with Crippen LogP contribution in [0.1, 0.15) is 24.6 Å². The minimum absolute atomic E-state index is 0.0773. The number of nitrogens with one attached hydrogen (secondary N) is 1. The maximum atomic E-state index is 12.2. The molecule has 2 aromatic heterocycles. The van der Waals surface area contributed by atoms with E-state index in [1.807, 2.05) is 4.90 Å². The Morgan fingerprint density at radius 2 is 2.04 bits per heavy atom. The van der Waals surface area contributed by atoms with Gasteiger partial charge in [0.2, 0.25) is 5.91 Å². The summed E-state index contributed by atoms with van der Waals surface area (Å²) in [5, 5.41) is 11.9. The van der Waals surface area contributed by atoms with Gasteiger partial charge in [-0.25, -0.2) is 14.8 Å². The molecule has 0 bridgehead atoms. The minimum Gasteiger partial charge on any atom is -0.465 e. The lowest BCUT2D eigenvalue weighted by Crippen LogP contribution is -2.49. The van der Waals surface area contributed by atoms with E-state index in [0.717, 1.165) is 35.5 Å². The second-order valence-corrected chi connectivity index (χ2v) is 7.30. The maximum absolute atomic E-state index is 12.2. The van der Waals surface area contributed by atoms with Crippen LogP contribution >= 0.6 is 11.3 Å². The molecule has 0 atom stereocenters. The molecular weight excluding hydrogens is 354 g/mol. The van der Waals surface area contributed by atoms with Gasteiger partial charge in [0.1, 0.15) is 17.0 Å². The number of hydrogen-bond donors (Lipinski definition) is 2. The molecule has 0 spiro atoms. The number of carbonyl (C=O) groups excluding carboxylic acids is 1. The molecule has 2 N–H and O–H groups in total. The van der Waals surface area contributed by atoms with Crippen molar-refractivity contribution in [2.45, 2.75) is 26.2 Å². The van der Waals surface area contributed by atoms with E-state index in [-0.39, 0.29) is 5.91 Å². The summed E-state index contributed by atoms with van der Waals surface area (Å²) in [6.07, 6.45) is 2.43. The van der Waals surface area contributed by atoms with Crippen LogP contribution in [-0.2, 0) is 11.2 Å². The van der Waals surface area contributed by atoms with Crippen LogP contribution in [0, 0.1) is 0 Å². The lowest BCUT2D eigenvalue weighted by atomic mass is 10.2. The van der Waals surface area contributed by atoms with Crippen molar-refractivity contribution in [3.63, 3.8) is 0 Å². The Bertz CT molecular complexity index is 786. The Labute approximate surface area is 155 Å². The van der Waals surface area contributed by atoms with Gasteiger partial charge in [-0.2, -0.15) is 0 Å². The monoisotopic (exact) mass is 377 g/mol. The van der Waals surface area contributed by atoms with Crippen LogP contribution in [0.15, 0.2) is 12.4 Å². The number of rotatable bonds is 6. The van der Waals surface area contributed by atoms with Gasteiger partial charge in [-0.1, -0.05) is 6.92 Å². The van der Waals surface area contributed by atoms with Gasteiger partial charge >= 0.3 is 6.09 Å². The van der Waals surface area contributed by atoms with E-state index in [4.69, 9.17) is 5.11 Å². The highest BCUT2D eigenvalue weighted by atomic mass is 32.1. The van der Waals surface area contributed by atoms with Crippen molar-refractivity contribution >= 4 is 39.4 Å². The maximum Gasteiger partial charge on any atom is 0.404 e. The van der Waals surface area contributed by atoms with E-state index >= 15 is 0 Å². The molecule has 2 amide bonds. The molecular formula is C17H23N5O3S. The van der Waals surface area contributed by atoms with Gasteiger partial charge in [0.05, 0.1) is 5.39 Å². The highest BCUT2D eigenvalue weighted by Crippen LogP contribution is 2.30. The summed E-state index contributed by atoms with van der Waals surface area (Å²) in [6.45, 7) is 5.22. The first-order chi connectivity index (χ1) is 12.6. The molecule has 2 aromatic rings. The second kappa shape index (κ2) is 8.31. The molecule has 1 saturated heterocycles. The molecule has 3 rings (SSSR count). The van der Waals surface area contributed by atoms with Gasteiger partial charge in [-0.3, -0.25) is 4.79 Å². The van der Waals surface area contributed by atoms with Crippen LogP contribution in [0.2, 0.25) is 0 Å². The minimum atomic E-state index is -1.05. The number of aromatic nitrogens is 2. The molecule has 8 nitrogen and oxygen atoms in total. The van der Waals surface area contributed by atoms with Crippen molar-refractivity contribution in [3.8, 4) is 0 Å². The standard InChI is InChI=1S/C17H23N5O3S/c1-2-12-10-13-15(19-11-20-16(13)26-12)22-8-6-21(7-9-22)14(23)4-3-5-18-17(24)25/h10-11,18H,2-9H2,1H3,(H,24,25). The smallest absolute Gasteiger partial charge is 0.404 e. The van der Waals surface area contributed by atoms with Crippen LogP contribution in [0.4, 0.5) is 10.6 Å². The van der Waals surface area contributed by atoms with Gasteiger partial charge in [-0.15, -0.1) is 11.3 Å². The molecule has 9 heteroatoms. The molecule has 26 heavy (non-hydrogen) atoms. The summed E-state index contributed by atoms with van der Waals surface area (Å²) in [6, 6.07) is 2.17. The lowest BCUT2D eigenvalue weighted by Gasteiger charge is -2.35. The summed E-state index contributed by atoms with van der Waals surface area (Å²) in [5.41, 5.74) is 0. The van der Waals surface area contributed by atoms with Crippen molar-refractivity contribution in [1.82, 2.24) is 20.2 Å². The normalized spacial score (nSPS) is 14.7. The molecule has 1 aliphatic rings. The quantitative estimate of drug-likeness (QED) is 0.747. The number of piperazine rings is 1. The van der Waals surface area contributed by atoms with Crippen molar-refractivity contribution in [3.05, 3.63) is 17.3 Å². The van der Waals surface area contributed by atoms with Gasteiger partial charge in [0.15, 0.2) is 0 Å². The van der Waals surface area contributed by atoms with Crippen molar-refractivity contribution in [1.29, 1.82) is 0 Å². The Hall–Kier alpha value is -2.42. The van der Waals surface area contributed by atoms with E-state index in [2.05, 4.69) is 33.2 Å². The number of anilines is 1. The van der Waals surface area contributed by atoms with Crippen LogP contribution in [0.25, 0.3) is 10.2 Å². The second-order valence-electron chi connectivity index (χ2n) is 6.19. The predicted octanol–water partition coefficient (Wildman–Crippen LogP) is 1.95. The van der Waals surface area contributed by atoms with Crippen molar-refractivity contribution in [2.75, 3.05) is 37.6 Å². The third-order valence-electron chi connectivity index (χ3n) is 4.48. The number of thiophene rings is 1. The molecule has 0 saturated carbocycles. The van der Waals surface area contributed by atoms with Crippen LogP contribution in [0.5, 0.6) is 0 Å². The summed E-state index contributed by atoms with van der Waals surface area (Å²) in [5.74, 6) is 1.03. The van der Waals surface area contributed by atoms with E-state index in [1.165, 1.54) is 4.88 Å². The third kappa shape index (κ3) is 4.21. The molecule has 0 aromatic carbocycles. The summed E-state index contributed by atoms with van der Waals surface area (Å²) in [4.78, 5) is 37.9. The number of aryl methyl sites for hydroxylation is 1. The van der Waals surface area contributed by atoms with E-state index in [9.17, 15) is 9.59 Å². The molecule has 140 valence electrons. The highest BCUT2D eigenvalue weighted by molar-refractivity contribution is 7.18. The fraction of sp³-hybridized carbons (Fsp3) is 0.529. The number of nitrogens with zero attached hydrogens (tertiary/aromatic N) is 4. The van der Waals surface area contributed by atoms with E-state index in [0.29, 0.717) is 32.5 Å². The Kier molecular flexibility index (Phi) is 5.87. The molecule has 3 heterocycles. The number of hydrogen-bond acceptors (Lipinski definition) is 6. The van der Waals surface area contributed by atoms with E-state index < -0.39 is 6.09 Å². The van der Waals surface area contributed by atoms with Gasteiger partial charge in [-0.05, 0) is 18.9 Å². The largest absolute Gasteiger partial charge is 0.465 e. The number of carboxylic acid groups (broad SMARTS) is 1. The average Bonchev–Trinajstić information content (AvgIpc) is 3.08. The zero-order chi connectivity index (χ0) is 18.5. The van der Waals surface area contributed by atoms with E-state index in [1.54, 1.807) is 17.7 Å². The average molecular weight is 377 g/mol. The van der Waals surface area contributed by atoms with Gasteiger partial charge in [0.25, 0.3) is 0 Å². The van der Waals surface area contributed by atoms with Crippen molar-refractivity contribution < 1.29 is 14.7 Å². The third-order valence-corrected chi connectivity index (χ3v) is 5.67. The zero-order valence-corrected chi connectivity index (χ0v) is 15.6. The number of amides is 2. The predicted molar refractivity (Wildman–Crippen MR) is 101 cm³/mol. The van der Waals surface area contributed by atoms with Crippen LogP contribution in [0.3, 0.4) is 0 Å². The highest BCUT2D eigenvalue weighted by Gasteiger charge is 2.23. The SMILES string of the molecule is CCc1cc2c(N3CCN(C(=O)CCCNC(=O)O)CC3)ncnc2s1. The zero-order valence-electron chi connectivity index (χ0n) is 14.8. The topological polar surface area (TPSA) is 98.7 Å². The van der Waals surface area contributed by atoms with Gasteiger partial charge < -0.3 is 20.2 Å². The first-order valence-corrected chi connectivity index (χ1v) is 9.63. The lowest BCUT2D eigenvalue weighted by molar-refractivity contribution is -0.131. The van der Waals surface area contributed by atoms with Gasteiger partial charge in [0, 0.05) is 44.0 Å². The molecule has 0 unspecified atom stereocenters. The summed E-state index contributed by atoms with van der Waals surface area (Å²) < 4.78 is 0. The summed E-state index contributed by atoms with van der Waals surface area (Å²) in [7, 11) is 0. The number of carbonyl (C=O) groups is 2. The van der Waals surface area contributed by atoms with Crippen molar-refractivity contribution in [2.24, 2.45) is 0 Å². The fourth-order valence-electron chi connectivity index (χ4n) is 3.08. The molecule has 0 radical (unpaired) electrons. The molecule has 1 fully saturated rings. The Morgan fingerprint density at radius 3 is 2.73 bits per heavy atom. The molecule has 0 aliphatic carbocycles. The van der Waals surface area contributed by atoms with Crippen LogP contribution in [-0.4, -0.2) is 64.7 Å². The first-order valence-electron chi connectivity index (χ1n) is 8.81. The number of fused-ring (bicyclic) bond motifs is 1. The molecule has 1 aliphatic heterocycles. The summed E-state index contributed by atoms with van der Waals surface area (Å²) >= 11 is 1.70. The Balaban J connectivity index is 1.56. The Morgan fingerprint density at radius 1 is 1.27 bits per heavy atom.